The predicted octanol–water partition coefficient (Wildman–Crippen LogP) is 3.87. The topological polar surface area (TPSA) is 66.1 Å². The molecule has 3 aliphatic heterocycles. The molecule has 1 unspecified atom stereocenters. The third kappa shape index (κ3) is 2.58. The van der Waals surface area contributed by atoms with Gasteiger partial charge in [0.1, 0.15) is 29.3 Å². The third-order valence-corrected chi connectivity index (χ3v) is 6.29. The third-order valence-electron chi connectivity index (χ3n) is 6.08. The molecule has 5 rings (SSSR count). The molecule has 0 bridgehead atoms. The van der Waals surface area contributed by atoms with Crippen molar-refractivity contribution in [1.82, 2.24) is 0 Å². The summed E-state index contributed by atoms with van der Waals surface area (Å²) in [5.41, 5.74) is 7.20. The first kappa shape index (κ1) is 17.8. The summed E-state index contributed by atoms with van der Waals surface area (Å²) in [6.07, 6.45) is 0.759. The van der Waals surface area contributed by atoms with Gasteiger partial charge in [-0.05, 0) is 48.4 Å². The second-order valence-corrected chi connectivity index (χ2v) is 8.26. The first-order valence-electron chi connectivity index (χ1n) is 9.26. The molecule has 1 fully saturated rings. The Morgan fingerprint density at radius 3 is 2.82 bits per heavy atom. The largest absolute Gasteiger partial charge is 0.487 e. The van der Waals surface area contributed by atoms with Crippen LogP contribution >= 0.6 is 11.6 Å². The van der Waals surface area contributed by atoms with Gasteiger partial charge < -0.3 is 19.9 Å². The summed E-state index contributed by atoms with van der Waals surface area (Å²) >= 11 is 6.05. The average Bonchev–Trinajstić information content (AvgIpc) is 3.03. The van der Waals surface area contributed by atoms with Crippen LogP contribution in [0.3, 0.4) is 0 Å². The molecular weight excluding hydrogens is 383 g/mol. The molecule has 146 valence electrons. The molecule has 0 aliphatic carbocycles. The lowest BCUT2D eigenvalue weighted by Crippen LogP contribution is -2.59. The number of benzene rings is 2. The molecule has 3 heterocycles. The Kier molecular flexibility index (Phi) is 3.87. The van der Waals surface area contributed by atoms with Crippen LogP contribution in [0.2, 0.25) is 5.02 Å². The van der Waals surface area contributed by atoms with E-state index in [1.54, 1.807) is 6.07 Å². The zero-order valence-electron chi connectivity index (χ0n) is 15.4. The van der Waals surface area contributed by atoms with Gasteiger partial charge in [0.25, 0.3) is 6.02 Å². The Balaban J connectivity index is 1.70. The average molecular weight is 403 g/mol. The number of amidine groups is 1. The summed E-state index contributed by atoms with van der Waals surface area (Å²) < 4.78 is 31.7. The molecule has 1 saturated heterocycles. The van der Waals surface area contributed by atoms with Crippen molar-refractivity contribution in [2.24, 2.45) is 16.6 Å². The Labute approximate surface area is 167 Å². The fraction of sp³-hybridized carbons (Fsp3) is 0.381. The van der Waals surface area contributed by atoms with E-state index in [-0.39, 0.29) is 17.8 Å². The maximum absolute atomic E-state index is 13.9. The van der Waals surface area contributed by atoms with Crippen LogP contribution in [-0.4, -0.2) is 31.4 Å². The Hall–Kier alpha value is -2.31. The van der Waals surface area contributed by atoms with E-state index in [9.17, 15) is 4.39 Å². The number of ether oxygens (including phenoxy) is 3. The van der Waals surface area contributed by atoms with Crippen LogP contribution < -0.4 is 10.5 Å². The van der Waals surface area contributed by atoms with Gasteiger partial charge in [0.05, 0.1) is 19.1 Å². The standard InChI is InChI=1S/C21H20ClFN2O3/c1-20-4-5-26-10-18(20)21(11-27-19(24)25-21)16-8-12(2-3-17(16)28-20)13-6-14(22)9-15(23)7-13/h2-3,6-9,18H,4-5,10-11H2,1H3,(H2,24,25)/t18-,20+,21?/m1/s1. The molecule has 0 saturated carbocycles. The maximum Gasteiger partial charge on any atom is 0.283 e. The molecule has 0 radical (unpaired) electrons. The van der Waals surface area contributed by atoms with Crippen LogP contribution in [0.25, 0.3) is 11.1 Å². The van der Waals surface area contributed by atoms with Crippen molar-refractivity contribution in [2.75, 3.05) is 19.8 Å². The van der Waals surface area contributed by atoms with E-state index in [1.165, 1.54) is 12.1 Å². The van der Waals surface area contributed by atoms with Gasteiger partial charge in [-0.25, -0.2) is 9.38 Å². The van der Waals surface area contributed by atoms with Crippen molar-refractivity contribution in [2.45, 2.75) is 24.5 Å². The minimum atomic E-state index is -0.694. The highest BCUT2D eigenvalue weighted by Gasteiger charge is 2.59. The minimum absolute atomic E-state index is 0.0475. The monoisotopic (exact) mass is 402 g/mol. The number of nitrogens with zero attached hydrogens (tertiary/aromatic N) is 1. The van der Waals surface area contributed by atoms with Gasteiger partial charge in [-0.1, -0.05) is 17.7 Å². The van der Waals surface area contributed by atoms with Crippen molar-refractivity contribution in [3.05, 3.63) is 52.8 Å². The lowest BCUT2D eigenvalue weighted by Gasteiger charge is -2.52. The second-order valence-electron chi connectivity index (χ2n) is 7.82. The van der Waals surface area contributed by atoms with Crippen LogP contribution in [-0.2, 0) is 15.0 Å². The summed E-state index contributed by atoms with van der Waals surface area (Å²) in [7, 11) is 0. The first-order chi connectivity index (χ1) is 13.4. The van der Waals surface area contributed by atoms with Gasteiger partial charge >= 0.3 is 0 Å². The van der Waals surface area contributed by atoms with Crippen LogP contribution in [0, 0.1) is 11.7 Å². The second kappa shape index (κ2) is 6.09. The molecular formula is C21H20ClFN2O3. The lowest BCUT2D eigenvalue weighted by atomic mass is 9.66. The highest BCUT2D eigenvalue weighted by atomic mass is 35.5. The Morgan fingerprint density at radius 1 is 1.21 bits per heavy atom. The number of hydrogen-bond acceptors (Lipinski definition) is 5. The van der Waals surface area contributed by atoms with E-state index in [0.717, 1.165) is 23.3 Å². The highest BCUT2D eigenvalue weighted by molar-refractivity contribution is 6.30. The van der Waals surface area contributed by atoms with Crippen LogP contribution in [0.4, 0.5) is 4.39 Å². The summed E-state index contributed by atoms with van der Waals surface area (Å²) in [4.78, 5) is 4.73. The van der Waals surface area contributed by atoms with Crippen molar-refractivity contribution < 1.29 is 18.6 Å². The minimum Gasteiger partial charge on any atom is -0.487 e. The molecule has 5 nitrogen and oxygen atoms in total. The van der Waals surface area contributed by atoms with E-state index in [1.807, 2.05) is 18.2 Å². The number of aliphatic imine (C=N–C) groups is 1. The van der Waals surface area contributed by atoms with Gasteiger partial charge in [-0.15, -0.1) is 0 Å². The van der Waals surface area contributed by atoms with Gasteiger partial charge in [0.2, 0.25) is 0 Å². The first-order valence-corrected chi connectivity index (χ1v) is 9.63. The number of rotatable bonds is 1. The van der Waals surface area contributed by atoms with Crippen molar-refractivity contribution in [3.8, 4) is 16.9 Å². The molecule has 0 amide bonds. The smallest absolute Gasteiger partial charge is 0.283 e. The number of nitrogens with two attached hydrogens (primary N) is 1. The lowest BCUT2D eigenvalue weighted by molar-refractivity contribution is -0.129. The van der Waals surface area contributed by atoms with E-state index in [2.05, 4.69) is 6.92 Å². The highest BCUT2D eigenvalue weighted by Crippen LogP contribution is 2.54. The Morgan fingerprint density at radius 2 is 2.07 bits per heavy atom. The summed E-state index contributed by atoms with van der Waals surface area (Å²) in [5, 5.41) is 0.346. The number of hydrogen-bond donors (Lipinski definition) is 1. The molecule has 2 N–H and O–H groups in total. The van der Waals surface area contributed by atoms with Crippen LogP contribution in [0.1, 0.15) is 18.9 Å². The quantitative estimate of drug-likeness (QED) is 0.786. The van der Waals surface area contributed by atoms with E-state index in [4.69, 9.17) is 36.5 Å². The molecule has 0 aromatic heterocycles. The van der Waals surface area contributed by atoms with Crippen LogP contribution in [0.15, 0.2) is 41.4 Å². The fourth-order valence-electron chi connectivity index (χ4n) is 4.65. The summed E-state index contributed by atoms with van der Waals surface area (Å²) in [6, 6.07) is 10.4. The maximum atomic E-state index is 13.9. The van der Waals surface area contributed by atoms with E-state index < -0.39 is 11.1 Å². The zero-order valence-corrected chi connectivity index (χ0v) is 16.1. The van der Waals surface area contributed by atoms with E-state index >= 15 is 0 Å². The molecule has 3 atom stereocenters. The predicted molar refractivity (Wildman–Crippen MR) is 104 cm³/mol. The summed E-state index contributed by atoms with van der Waals surface area (Å²) in [6.45, 7) is 3.56. The van der Waals surface area contributed by atoms with Gasteiger partial charge in [0.15, 0.2) is 0 Å². The molecule has 2 aromatic carbocycles. The number of fused-ring (bicyclic) bond motifs is 4. The molecule has 7 heteroatoms. The van der Waals surface area contributed by atoms with Gasteiger partial charge in [-0.2, -0.15) is 0 Å². The summed E-state index contributed by atoms with van der Waals surface area (Å²) in [5.74, 6) is 0.313. The van der Waals surface area contributed by atoms with Crippen LogP contribution in [0.5, 0.6) is 5.75 Å². The van der Waals surface area contributed by atoms with Crippen molar-refractivity contribution >= 4 is 17.6 Å². The molecule has 2 aromatic rings. The number of halogens is 2. The van der Waals surface area contributed by atoms with Crippen molar-refractivity contribution in [3.63, 3.8) is 0 Å². The molecule has 1 spiro atoms. The van der Waals surface area contributed by atoms with Gasteiger partial charge in [-0.3, -0.25) is 0 Å². The van der Waals surface area contributed by atoms with E-state index in [0.29, 0.717) is 30.4 Å². The normalized spacial score (nSPS) is 30.8. The molecule has 3 aliphatic rings. The van der Waals surface area contributed by atoms with Crippen molar-refractivity contribution in [1.29, 1.82) is 0 Å². The fourth-order valence-corrected chi connectivity index (χ4v) is 4.87. The van der Waals surface area contributed by atoms with Gasteiger partial charge in [0, 0.05) is 17.0 Å². The zero-order chi connectivity index (χ0) is 19.5. The molecule has 28 heavy (non-hydrogen) atoms. The SMILES string of the molecule is C[C@]12CCOC[C@H]1C1(COC(N)=N1)c1cc(-c3cc(F)cc(Cl)c3)ccc1O2. The Bertz CT molecular complexity index is 977.